The minimum atomic E-state index is 0.268. The van der Waals surface area contributed by atoms with E-state index >= 15 is 0 Å². The van der Waals surface area contributed by atoms with Crippen LogP contribution in [-0.4, -0.2) is 20.5 Å². The van der Waals surface area contributed by atoms with E-state index in [1.807, 2.05) is 30.3 Å². The number of hydrogen-bond donors (Lipinski definition) is 0. The Kier molecular flexibility index (Phi) is 5.21. The quantitative estimate of drug-likeness (QED) is 0.734. The number of carbonyl (C=O) groups is 1. The Morgan fingerprint density at radius 2 is 1.62 bits per heavy atom. The van der Waals surface area contributed by atoms with E-state index in [1.54, 1.807) is 26.4 Å². The van der Waals surface area contributed by atoms with E-state index in [9.17, 15) is 4.79 Å². The van der Waals surface area contributed by atoms with E-state index in [0.717, 1.165) is 17.4 Å². The lowest BCUT2D eigenvalue weighted by atomic mass is 10.1. The van der Waals surface area contributed by atoms with Gasteiger partial charge in [0.05, 0.1) is 14.2 Å². The number of benzene rings is 2. The Hall–Kier alpha value is -2.49. The second-order valence-electron chi connectivity index (χ2n) is 4.46. The molecule has 0 amide bonds. The van der Waals surface area contributed by atoms with Crippen molar-refractivity contribution in [1.82, 2.24) is 0 Å². The van der Waals surface area contributed by atoms with E-state index < -0.39 is 0 Å². The standard InChI is InChI=1S/C17H18O4/c1-19-16-10-14(8-9-18)15(11-17(16)20-2)21-12-13-6-4-3-5-7-13/h3-7,9-11H,8,12H2,1-2H3. The fourth-order valence-corrected chi connectivity index (χ4v) is 2.02. The smallest absolute Gasteiger partial charge is 0.164 e. The minimum absolute atomic E-state index is 0.268. The number of hydrogen-bond acceptors (Lipinski definition) is 4. The predicted octanol–water partition coefficient (Wildman–Crippen LogP) is 3.02. The maximum atomic E-state index is 10.8. The summed E-state index contributed by atoms with van der Waals surface area (Å²) < 4.78 is 16.3. The van der Waals surface area contributed by atoms with Gasteiger partial charge in [-0.25, -0.2) is 0 Å². The number of aldehydes is 1. The molecule has 110 valence electrons. The van der Waals surface area contributed by atoms with E-state index in [1.165, 1.54) is 0 Å². The second kappa shape index (κ2) is 7.33. The van der Waals surface area contributed by atoms with Gasteiger partial charge in [0.2, 0.25) is 0 Å². The SMILES string of the molecule is COc1cc(CC=O)c(OCc2ccccc2)cc1OC. The molecular weight excluding hydrogens is 268 g/mol. The van der Waals surface area contributed by atoms with Gasteiger partial charge in [0.15, 0.2) is 11.5 Å². The molecule has 0 N–H and O–H groups in total. The largest absolute Gasteiger partial charge is 0.493 e. The van der Waals surface area contributed by atoms with Crippen LogP contribution >= 0.6 is 0 Å². The van der Waals surface area contributed by atoms with Crippen molar-refractivity contribution < 1.29 is 19.0 Å². The maximum Gasteiger partial charge on any atom is 0.164 e. The summed E-state index contributed by atoms with van der Waals surface area (Å²) in [6.07, 6.45) is 1.11. The van der Waals surface area contributed by atoms with E-state index in [0.29, 0.717) is 23.9 Å². The van der Waals surface area contributed by atoms with Crippen molar-refractivity contribution in [1.29, 1.82) is 0 Å². The van der Waals surface area contributed by atoms with Crippen LogP contribution in [0.1, 0.15) is 11.1 Å². The zero-order valence-corrected chi connectivity index (χ0v) is 12.2. The van der Waals surface area contributed by atoms with Gasteiger partial charge in [0.25, 0.3) is 0 Å². The molecule has 0 radical (unpaired) electrons. The Bertz CT molecular complexity index is 593. The molecule has 0 fully saturated rings. The van der Waals surface area contributed by atoms with Gasteiger partial charge in [0, 0.05) is 18.1 Å². The molecule has 0 atom stereocenters. The Morgan fingerprint density at radius 3 is 2.24 bits per heavy atom. The molecule has 0 aliphatic heterocycles. The molecule has 2 rings (SSSR count). The second-order valence-corrected chi connectivity index (χ2v) is 4.46. The highest BCUT2D eigenvalue weighted by Gasteiger charge is 2.12. The molecule has 0 aliphatic rings. The molecule has 2 aromatic rings. The van der Waals surface area contributed by atoms with Crippen molar-refractivity contribution >= 4 is 6.29 Å². The van der Waals surface area contributed by atoms with Crippen LogP contribution in [-0.2, 0) is 17.8 Å². The lowest BCUT2D eigenvalue weighted by molar-refractivity contribution is -0.107. The first-order valence-electron chi connectivity index (χ1n) is 6.63. The van der Waals surface area contributed by atoms with Crippen molar-refractivity contribution in [2.75, 3.05) is 14.2 Å². The topological polar surface area (TPSA) is 44.8 Å². The first-order valence-corrected chi connectivity index (χ1v) is 6.63. The Labute approximate surface area is 124 Å². The molecule has 0 unspecified atom stereocenters. The first-order chi connectivity index (χ1) is 10.3. The van der Waals surface area contributed by atoms with E-state index in [4.69, 9.17) is 14.2 Å². The Balaban J connectivity index is 2.25. The van der Waals surface area contributed by atoms with Gasteiger partial charge < -0.3 is 19.0 Å². The molecule has 0 aromatic heterocycles. The fraction of sp³-hybridized carbons (Fsp3) is 0.235. The maximum absolute atomic E-state index is 10.8. The van der Waals surface area contributed by atoms with Crippen LogP contribution in [0.2, 0.25) is 0 Å². The van der Waals surface area contributed by atoms with Gasteiger partial charge in [0.1, 0.15) is 18.6 Å². The molecule has 0 aliphatic carbocycles. The molecule has 0 saturated heterocycles. The monoisotopic (exact) mass is 286 g/mol. The molecule has 4 heteroatoms. The Morgan fingerprint density at radius 1 is 0.952 bits per heavy atom. The molecule has 0 heterocycles. The molecule has 0 saturated carbocycles. The van der Waals surface area contributed by atoms with Gasteiger partial charge in [-0.05, 0) is 11.6 Å². The van der Waals surface area contributed by atoms with Crippen molar-refractivity contribution in [2.45, 2.75) is 13.0 Å². The molecule has 0 spiro atoms. The van der Waals surface area contributed by atoms with E-state index in [-0.39, 0.29) is 6.42 Å². The number of ether oxygens (including phenoxy) is 3. The zero-order chi connectivity index (χ0) is 15.1. The third-order valence-electron chi connectivity index (χ3n) is 3.11. The van der Waals surface area contributed by atoms with Crippen LogP contribution in [0.4, 0.5) is 0 Å². The summed E-state index contributed by atoms with van der Waals surface area (Å²) in [5.41, 5.74) is 1.84. The van der Waals surface area contributed by atoms with Gasteiger partial charge in [-0.2, -0.15) is 0 Å². The van der Waals surface area contributed by atoms with Crippen molar-refractivity contribution in [3.63, 3.8) is 0 Å². The van der Waals surface area contributed by atoms with Gasteiger partial charge in [-0.15, -0.1) is 0 Å². The zero-order valence-electron chi connectivity index (χ0n) is 12.2. The third kappa shape index (κ3) is 3.75. The molecular formula is C17H18O4. The van der Waals surface area contributed by atoms with Crippen LogP contribution in [0.15, 0.2) is 42.5 Å². The highest BCUT2D eigenvalue weighted by Crippen LogP contribution is 2.35. The lowest BCUT2D eigenvalue weighted by Crippen LogP contribution is -2.01. The number of rotatable bonds is 7. The van der Waals surface area contributed by atoms with Crippen LogP contribution in [0, 0.1) is 0 Å². The molecule has 2 aromatic carbocycles. The number of carbonyl (C=O) groups excluding carboxylic acids is 1. The van der Waals surface area contributed by atoms with Crippen molar-refractivity contribution in [2.24, 2.45) is 0 Å². The summed E-state index contributed by atoms with van der Waals surface area (Å²) in [7, 11) is 3.13. The average Bonchev–Trinajstić information content (AvgIpc) is 2.54. The van der Waals surface area contributed by atoms with Gasteiger partial charge in [-0.3, -0.25) is 0 Å². The highest BCUT2D eigenvalue weighted by molar-refractivity contribution is 5.61. The van der Waals surface area contributed by atoms with Crippen LogP contribution < -0.4 is 14.2 Å². The van der Waals surface area contributed by atoms with E-state index in [2.05, 4.69) is 0 Å². The minimum Gasteiger partial charge on any atom is -0.493 e. The van der Waals surface area contributed by atoms with Crippen LogP contribution in [0.3, 0.4) is 0 Å². The predicted molar refractivity (Wildman–Crippen MR) is 80.1 cm³/mol. The van der Waals surface area contributed by atoms with Crippen LogP contribution in [0.25, 0.3) is 0 Å². The van der Waals surface area contributed by atoms with Gasteiger partial charge >= 0.3 is 0 Å². The van der Waals surface area contributed by atoms with Crippen molar-refractivity contribution in [3.05, 3.63) is 53.6 Å². The summed E-state index contributed by atoms with van der Waals surface area (Å²) in [6.45, 7) is 0.433. The highest BCUT2D eigenvalue weighted by atomic mass is 16.5. The molecule has 21 heavy (non-hydrogen) atoms. The summed E-state index contributed by atoms with van der Waals surface area (Å²) in [5, 5.41) is 0. The fourth-order valence-electron chi connectivity index (χ4n) is 2.02. The molecule has 4 nitrogen and oxygen atoms in total. The third-order valence-corrected chi connectivity index (χ3v) is 3.11. The number of methoxy groups -OCH3 is 2. The average molecular weight is 286 g/mol. The summed E-state index contributed by atoms with van der Waals surface area (Å²) in [4.78, 5) is 10.8. The van der Waals surface area contributed by atoms with Crippen molar-refractivity contribution in [3.8, 4) is 17.2 Å². The molecule has 0 bridgehead atoms. The summed E-state index contributed by atoms with van der Waals surface area (Å²) in [6, 6.07) is 13.4. The van der Waals surface area contributed by atoms with Gasteiger partial charge in [-0.1, -0.05) is 30.3 Å². The summed E-state index contributed by atoms with van der Waals surface area (Å²) >= 11 is 0. The lowest BCUT2D eigenvalue weighted by Gasteiger charge is -2.14. The summed E-state index contributed by atoms with van der Waals surface area (Å²) in [5.74, 6) is 1.79. The van der Waals surface area contributed by atoms with Crippen LogP contribution in [0.5, 0.6) is 17.2 Å². The normalized spacial score (nSPS) is 10.0. The first kappa shape index (κ1) is 14.9.